The fraction of sp³-hybridized carbons (Fsp3) is 0.500. The molecule has 3 rings (SSSR count). The molecule has 2 aliphatic rings. The van der Waals surface area contributed by atoms with E-state index in [4.69, 9.17) is 4.74 Å². The number of carbonyl (C=O) groups is 3. The summed E-state index contributed by atoms with van der Waals surface area (Å²) in [5, 5.41) is 0. The Hall–Kier alpha value is -2.85. The Balaban J connectivity index is 1.60. The number of urea groups is 1. The predicted molar refractivity (Wildman–Crippen MR) is 91.7 cm³/mol. The van der Waals surface area contributed by atoms with Gasteiger partial charge < -0.3 is 14.5 Å². The number of ether oxygens (including phenoxy) is 1. The van der Waals surface area contributed by atoms with Crippen molar-refractivity contribution in [1.29, 1.82) is 0 Å². The molecule has 158 valence electrons. The second kappa shape index (κ2) is 7.88. The highest BCUT2D eigenvalue weighted by molar-refractivity contribution is 6.02. The number of methoxy groups -OCH3 is 1. The lowest BCUT2D eigenvalue weighted by Gasteiger charge is -2.36. The summed E-state index contributed by atoms with van der Waals surface area (Å²) < 4.78 is 56.3. The Kier molecular flexibility index (Phi) is 5.67. The molecule has 0 saturated carbocycles. The zero-order valence-corrected chi connectivity index (χ0v) is 15.5. The highest BCUT2D eigenvalue weighted by Crippen LogP contribution is 2.26. The van der Waals surface area contributed by atoms with Crippen LogP contribution in [0.4, 0.5) is 22.4 Å². The highest BCUT2D eigenvalue weighted by Gasteiger charge is 2.45. The summed E-state index contributed by atoms with van der Waals surface area (Å²) in [4.78, 5) is 39.4. The van der Waals surface area contributed by atoms with Crippen molar-refractivity contribution in [3.8, 4) is 5.75 Å². The molecular weight excluding hydrogens is 398 g/mol. The smallest absolute Gasteiger partial charge is 0.406 e. The first-order chi connectivity index (χ1) is 13.6. The van der Waals surface area contributed by atoms with Gasteiger partial charge >= 0.3 is 12.2 Å². The average Bonchev–Trinajstić information content (AvgIpc) is 2.94. The molecule has 0 atom stereocenters. The van der Waals surface area contributed by atoms with Crippen molar-refractivity contribution < 1.29 is 36.7 Å². The van der Waals surface area contributed by atoms with Gasteiger partial charge in [-0.15, -0.1) is 0 Å². The highest BCUT2D eigenvalue weighted by atomic mass is 19.4. The number of benzene rings is 1. The van der Waals surface area contributed by atoms with Crippen molar-refractivity contribution >= 4 is 17.8 Å². The molecule has 29 heavy (non-hydrogen) atoms. The van der Waals surface area contributed by atoms with Crippen LogP contribution in [0, 0.1) is 5.82 Å². The van der Waals surface area contributed by atoms with Crippen LogP contribution in [0.15, 0.2) is 18.2 Å². The number of hydrogen-bond donors (Lipinski definition) is 0. The molecule has 0 bridgehead atoms. The van der Waals surface area contributed by atoms with Gasteiger partial charge in [-0.2, -0.15) is 13.2 Å². The Morgan fingerprint density at radius 3 is 2.41 bits per heavy atom. The van der Waals surface area contributed by atoms with Gasteiger partial charge in [0, 0.05) is 24.7 Å². The first-order valence-electron chi connectivity index (χ1n) is 8.91. The molecule has 2 heterocycles. The zero-order chi connectivity index (χ0) is 21.3. The zero-order valence-electron chi connectivity index (χ0n) is 15.5. The number of alkyl halides is 3. The van der Waals surface area contributed by atoms with Crippen molar-refractivity contribution in [2.45, 2.75) is 25.1 Å². The fourth-order valence-corrected chi connectivity index (χ4v) is 3.54. The molecule has 0 unspecified atom stereocenters. The van der Waals surface area contributed by atoms with Crippen molar-refractivity contribution in [1.82, 2.24) is 14.7 Å². The summed E-state index contributed by atoms with van der Waals surface area (Å²) in [5.74, 6) is -1.94. The maximum atomic E-state index is 13.8. The van der Waals surface area contributed by atoms with E-state index >= 15 is 0 Å². The second-order valence-electron chi connectivity index (χ2n) is 6.88. The van der Waals surface area contributed by atoms with Crippen molar-refractivity contribution in [2.24, 2.45) is 0 Å². The molecule has 7 nitrogen and oxygen atoms in total. The number of rotatable bonds is 4. The monoisotopic (exact) mass is 417 g/mol. The second-order valence-corrected chi connectivity index (χ2v) is 6.88. The van der Waals surface area contributed by atoms with Crippen LogP contribution in [0.1, 0.15) is 23.2 Å². The summed E-state index contributed by atoms with van der Waals surface area (Å²) >= 11 is 0. The quantitative estimate of drug-likeness (QED) is 0.557. The van der Waals surface area contributed by atoms with Gasteiger partial charge in [0.2, 0.25) is 0 Å². The minimum Gasteiger partial charge on any atom is -0.494 e. The SMILES string of the molecule is COc1ccc(C(=O)N2CCC(N3CC(=O)N(CC(F)(F)F)C3=O)CC2)cc1F. The Labute approximate surface area is 163 Å². The van der Waals surface area contributed by atoms with E-state index < -0.39 is 49.0 Å². The van der Waals surface area contributed by atoms with E-state index in [1.54, 1.807) is 0 Å². The van der Waals surface area contributed by atoms with Gasteiger partial charge in [-0.3, -0.25) is 14.5 Å². The summed E-state index contributed by atoms with van der Waals surface area (Å²) in [6, 6.07) is 2.45. The number of halogens is 4. The molecule has 2 saturated heterocycles. The van der Waals surface area contributed by atoms with Crippen LogP contribution in [0.25, 0.3) is 0 Å². The van der Waals surface area contributed by atoms with E-state index in [1.165, 1.54) is 24.1 Å². The standard InChI is InChI=1S/C18H19F4N3O4/c1-29-14-3-2-11(8-13(14)19)16(27)23-6-4-12(5-7-23)24-9-15(26)25(17(24)28)10-18(20,21)22/h2-3,8,12H,4-7,9-10H2,1H3. The summed E-state index contributed by atoms with van der Waals surface area (Å²) in [6.07, 6.45) is -4.04. The molecule has 0 aliphatic carbocycles. The lowest BCUT2D eigenvalue weighted by Crippen LogP contribution is -2.48. The van der Waals surface area contributed by atoms with Crippen LogP contribution >= 0.6 is 0 Å². The van der Waals surface area contributed by atoms with Gasteiger partial charge in [0.15, 0.2) is 11.6 Å². The molecule has 0 aromatic heterocycles. The minimum atomic E-state index is -4.66. The van der Waals surface area contributed by atoms with Crippen molar-refractivity contribution in [3.63, 3.8) is 0 Å². The maximum Gasteiger partial charge on any atom is 0.406 e. The van der Waals surface area contributed by atoms with E-state index in [0.717, 1.165) is 11.0 Å². The number of piperidine rings is 1. The van der Waals surface area contributed by atoms with Gasteiger partial charge in [0.25, 0.3) is 11.8 Å². The summed E-state index contributed by atoms with van der Waals surface area (Å²) in [6.45, 7) is -1.55. The molecule has 11 heteroatoms. The number of amides is 4. The normalized spacial score (nSPS) is 18.6. The number of nitrogens with zero attached hydrogens (tertiary/aromatic N) is 3. The Morgan fingerprint density at radius 2 is 1.86 bits per heavy atom. The minimum absolute atomic E-state index is 0.0147. The largest absolute Gasteiger partial charge is 0.494 e. The number of imide groups is 1. The van der Waals surface area contributed by atoms with Gasteiger partial charge in [-0.1, -0.05) is 0 Å². The molecular formula is C18H19F4N3O4. The Bertz CT molecular complexity index is 822. The van der Waals surface area contributed by atoms with E-state index in [9.17, 15) is 31.9 Å². The van der Waals surface area contributed by atoms with E-state index in [-0.39, 0.29) is 29.3 Å². The van der Waals surface area contributed by atoms with Gasteiger partial charge in [0.05, 0.1) is 7.11 Å². The molecule has 0 radical (unpaired) electrons. The fourth-order valence-electron chi connectivity index (χ4n) is 3.54. The van der Waals surface area contributed by atoms with Gasteiger partial charge in [-0.05, 0) is 31.0 Å². The third-order valence-electron chi connectivity index (χ3n) is 5.01. The predicted octanol–water partition coefficient (Wildman–Crippen LogP) is 2.27. The lowest BCUT2D eigenvalue weighted by molar-refractivity contribution is -0.151. The van der Waals surface area contributed by atoms with E-state index in [1.807, 2.05) is 0 Å². The van der Waals surface area contributed by atoms with E-state index in [2.05, 4.69) is 0 Å². The van der Waals surface area contributed by atoms with Crippen LogP contribution in [0.3, 0.4) is 0 Å². The molecule has 1 aromatic carbocycles. The van der Waals surface area contributed by atoms with Gasteiger partial charge in [0.1, 0.15) is 13.1 Å². The van der Waals surface area contributed by atoms with Gasteiger partial charge in [-0.25, -0.2) is 9.18 Å². The van der Waals surface area contributed by atoms with E-state index in [0.29, 0.717) is 12.8 Å². The third-order valence-corrected chi connectivity index (χ3v) is 5.01. The number of carbonyl (C=O) groups excluding carboxylic acids is 3. The summed E-state index contributed by atoms with van der Waals surface area (Å²) in [7, 11) is 1.31. The maximum absolute atomic E-state index is 13.8. The molecule has 0 N–H and O–H groups in total. The lowest BCUT2D eigenvalue weighted by atomic mass is 10.0. The molecule has 4 amide bonds. The van der Waals surface area contributed by atoms with Crippen LogP contribution in [-0.2, 0) is 4.79 Å². The Morgan fingerprint density at radius 1 is 1.21 bits per heavy atom. The van der Waals surface area contributed by atoms with Crippen LogP contribution in [0.2, 0.25) is 0 Å². The molecule has 2 fully saturated rings. The van der Waals surface area contributed by atoms with Crippen LogP contribution < -0.4 is 4.74 Å². The van der Waals surface area contributed by atoms with Crippen molar-refractivity contribution in [2.75, 3.05) is 33.3 Å². The molecule has 2 aliphatic heterocycles. The average molecular weight is 417 g/mol. The molecule has 0 spiro atoms. The van der Waals surface area contributed by atoms with Crippen molar-refractivity contribution in [3.05, 3.63) is 29.6 Å². The number of hydrogen-bond acceptors (Lipinski definition) is 4. The van der Waals surface area contributed by atoms with Crippen LogP contribution in [0.5, 0.6) is 5.75 Å². The first kappa shape index (κ1) is 20.9. The topological polar surface area (TPSA) is 70.2 Å². The van der Waals surface area contributed by atoms with Crippen LogP contribution in [-0.4, -0.2) is 78.1 Å². The third kappa shape index (κ3) is 4.43. The molecule has 1 aromatic rings. The number of likely N-dealkylation sites (tertiary alicyclic amines) is 1. The summed E-state index contributed by atoms with van der Waals surface area (Å²) in [5.41, 5.74) is 0.144. The first-order valence-corrected chi connectivity index (χ1v) is 8.91.